The van der Waals surface area contributed by atoms with E-state index < -0.39 is 6.10 Å². The van der Waals surface area contributed by atoms with Crippen LogP contribution in [0.25, 0.3) is 0 Å². The molecule has 136 valence electrons. The number of nitrogens with one attached hydrogen (secondary N) is 1. The van der Waals surface area contributed by atoms with Gasteiger partial charge in [0.15, 0.2) is 0 Å². The van der Waals surface area contributed by atoms with Gasteiger partial charge in [0.2, 0.25) is 0 Å². The average molecular weight is 340 g/mol. The molecular weight excluding hydrogens is 312 g/mol. The van der Waals surface area contributed by atoms with Gasteiger partial charge in [0.1, 0.15) is 17.2 Å². The third-order valence-corrected chi connectivity index (χ3v) is 4.07. The molecule has 1 aromatic carbocycles. The fourth-order valence-electron chi connectivity index (χ4n) is 2.76. The first-order valence-electron chi connectivity index (χ1n) is 8.15. The number of nitrogens with zero attached hydrogens (tertiary/aromatic N) is 1. The predicted octanol–water partition coefficient (Wildman–Crippen LogP) is 0.495. The van der Waals surface area contributed by atoms with Gasteiger partial charge in [-0.1, -0.05) is 0 Å². The first-order valence-corrected chi connectivity index (χ1v) is 8.15. The minimum atomic E-state index is -0.432. The van der Waals surface area contributed by atoms with Crippen molar-refractivity contribution >= 4 is 0 Å². The van der Waals surface area contributed by atoms with Crippen LogP contribution in [-0.2, 0) is 11.3 Å². The largest absolute Gasteiger partial charge is 0.496 e. The number of morpholine rings is 1. The van der Waals surface area contributed by atoms with Crippen LogP contribution in [0.5, 0.6) is 17.2 Å². The van der Waals surface area contributed by atoms with Gasteiger partial charge in [0, 0.05) is 44.9 Å². The second-order valence-electron chi connectivity index (χ2n) is 5.71. The summed E-state index contributed by atoms with van der Waals surface area (Å²) >= 11 is 0. The number of methoxy groups -OCH3 is 3. The minimum Gasteiger partial charge on any atom is -0.496 e. The Hall–Kier alpha value is -1.54. The standard InChI is InChI=1S/C17H28N2O5/c1-21-14-8-16(22-2)15(17(9-14)23-3)11-18-10-13(20)12-19-4-6-24-7-5-19/h8-9,13,18,20H,4-7,10-12H2,1-3H3/t13-/m0/s1. The lowest BCUT2D eigenvalue weighted by molar-refractivity contribution is 0.0149. The Kier molecular flexibility index (Phi) is 7.58. The molecular formula is C17H28N2O5. The molecule has 24 heavy (non-hydrogen) atoms. The Morgan fingerprint density at radius 3 is 2.29 bits per heavy atom. The van der Waals surface area contributed by atoms with Gasteiger partial charge in [-0.25, -0.2) is 0 Å². The van der Waals surface area contributed by atoms with E-state index in [1.165, 1.54) is 0 Å². The van der Waals surface area contributed by atoms with Crippen LogP contribution in [0.1, 0.15) is 5.56 Å². The van der Waals surface area contributed by atoms with Crippen molar-refractivity contribution in [2.24, 2.45) is 0 Å². The van der Waals surface area contributed by atoms with Crippen LogP contribution in [0.15, 0.2) is 12.1 Å². The van der Waals surface area contributed by atoms with Crippen molar-refractivity contribution in [1.29, 1.82) is 0 Å². The van der Waals surface area contributed by atoms with Crippen molar-refractivity contribution in [3.63, 3.8) is 0 Å². The Morgan fingerprint density at radius 1 is 1.12 bits per heavy atom. The Morgan fingerprint density at radius 2 is 1.75 bits per heavy atom. The van der Waals surface area contributed by atoms with E-state index in [1.807, 2.05) is 12.1 Å². The zero-order valence-electron chi connectivity index (χ0n) is 14.7. The lowest BCUT2D eigenvalue weighted by Crippen LogP contribution is -2.43. The van der Waals surface area contributed by atoms with Gasteiger partial charge in [0.25, 0.3) is 0 Å². The second-order valence-corrected chi connectivity index (χ2v) is 5.71. The highest BCUT2D eigenvalue weighted by Crippen LogP contribution is 2.33. The van der Waals surface area contributed by atoms with Gasteiger partial charge < -0.3 is 29.4 Å². The summed E-state index contributed by atoms with van der Waals surface area (Å²) < 4.78 is 21.4. The molecule has 0 unspecified atom stereocenters. The molecule has 2 N–H and O–H groups in total. The zero-order chi connectivity index (χ0) is 17.4. The van der Waals surface area contributed by atoms with E-state index in [-0.39, 0.29) is 0 Å². The highest BCUT2D eigenvalue weighted by atomic mass is 16.5. The molecule has 0 aliphatic carbocycles. The first-order chi connectivity index (χ1) is 11.7. The minimum absolute atomic E-state index is 0.432. The number of aliphatic hydroxyl groups is 1. The zero-order valence-corrected chi connectivity index (χ0v) is 14.7. The first kappa shape index (κ1) is 18.8. The summed E-state index contributed by atoms with van der Waals surface area (Å²) in [6.07, 6.45) is -0.432. The molecule has 0 saturated carbocycles. The Labute approximate surface area is 143 Å². The van der Waals surface area contributed by atoms with Gasteiger partial charge >= 0.3 is 0 Å². The summed E-state index contributed by atoms with van der Waals surface area (Å²) in [5, 5.41) is 13.5. The number of benzene rings is 1. The molecule has 1 saturated heterocycles. The van der Waals surface area contributed by atoms with Crippen LogP contribution in [0.3, 0.4) is 0 Å². The molecule has 1 atom stereocenters. The van der Waals surface area contributed by atoms with Crippen LogP contribution in [0, 0.1) is 0 Å². The molecule has 1 aliphatic rings. The predicted molar refractivity (Wildman–Crippen MR) is 91.1 cm³/mol. The highest BCUT2D eigenvalue weighted by Gasteiger charge is 2.16. The van der Waals surface area contributed by atoms with E-state index in [0.29, 0.717) is 36.9 Å². The van der Waals surface area contributed by atoms with Crippen LogP contribution in [0.2, 0.25) is 0 Å². The van der Waals surface area contributed by atoms with Crippen molar-refractivity contribution in [3.05, 3.63) is 17.7 Å². The van der Waals surface area contributed by atoms with Crippen molar-refractivity contribution in [3.8, 4) is 17.2 Å². The summed E-state index contributed by atoms with van der Waals surface area (Å²) in [6, 6.07) is 3.65. The molecule has 0 aromatic heterocycles. The number of β-amino-alcohol motifs (C(OH)–C–C–N with tert-alkyl or cyclic N) is 1. The smallest absolute Gasteiger partial charge is 0.130 e. The third kappa shape index (κ3) is 5.24. The summed E-state index contributed by atoms with van der Waals surface area (Å²) in [5.74, 6) is 2.07. The SMILES string of the molecule is COc1cc(OC)c(CNC[C@H](O)CN2CCOCC2)c(OC)c1. The average Bonchev–Trinajstić information content (AvgIpc) is 2.62. The third-order valence-electron chi connectivity index (χ3n) is 4.07. The van der Waals surface area contributed by atoms with Crippen molar-refractivity contribution in [2.75, 3.05) is 60.7 Å². The molecule has 1 aromatic rings. The molecule has 0 spiro atoms. The van der Waals surface area contributed by atoms with Crippen molar-refractivity contribution in [2.45, 2.75) is 12.6 Å². The molecule has 1 aliphatic heterocycles. The van der Waals surface area contributed by atoms with Crippen molar-refractivity contribution in [1.82, 2.24) is 10.2 Å². The van der Waals surface area contributed by atoms with Crippen molar-refractivity contribution < 1.29 is 24.1 Å². The monoisotopic (exact) mass is 340 g/mol. The summed E-state index contributed by atoms with van der Waals surface area (Å²) in [5.41, 5.74) is 0.902. The lowest BCUT2D eigenvalue weighted by atomic mass is 10.1. The Balaban J connectivity index is 1.88. The molecule has 2 rings (SSSR count). The maximum atomic E-state index is 10.2. The number of hydrogen-bond acceptors (Lipinski definition) is 7. The van der Waals surface area contributed by atoms with Gasteiger partial charge in [0.05, 0.1) is 46.2 Å². The normalized spacial score (nSPS) is 16.7. The van der Waals surface area contributed by atoms with E-state index in [4.69, 9.17) is 18.9 Å². The van der Waals surface area contributed by atoms with E-state index in [9.17, 15) is 5.11 Å². The fourth-order valence-corrected chi connectivity index (χ4v) is 2.76. The highest BCUT2D eigenvalue weighted by molar-refractivity contribution is 5.50. The van der Waals surface area contributed by atoms with Gasteiger partial charge in [-0.3, -0.25) is 4.90 Å². The van der Waals surface area contributed by atoms with Gasteiger partial charge in [-0.2, -0.15) is 0 Å². The molecule has 0 amide bonds. The molecule has 0 bridgehead atoms. The molecule has 1 fully saturated rings. The van der Waals surface area contributed by atoms with Gasteiger partial charge in [-0.15, -0.1) is 0 Å². The fraction of sp³-hybridized carbons (Fsp3) is 0.647. The maximum Gasteiger partial charge on any atom is 0.130 e. The van der Waals surface area contributed by atoms with Crippen LogP contribution in [-0.4, -0.2) is 76.8 Å². The topological polar surface area (TPSA) is 72.4 Å². The summed E-state index contributed by atoms with van der Waals surface area (Å²) in [7, 11) is 4.84. The molecule has 7 nitrogen and oxygen atoms in total. The lowest BCUT2D eigenvalue weighted by Gasteiger charge is -2.28. The van der Waals surface area contributed by atoms with E-state index >= 15 is 0 Å². The summed E-state index contributed by atoms with van der Waals surface area (Å²) in [6.45, 7) is 4.90. The number of rotatable bonds is 9. The number of hydrogen-bond donors (Lipinski definition) is 2. The van der Waals surface area contributed by atoms with E-state index in [0.717, 1.165) is 31.9 Å². The summed E-state index contributed by atoms with van der Waals surface area (Å²) in [4.78, 5) is 2.21. The second kappa shape index (κ2) is 9.68. The van der Waals surface area contributed by atoms with Crippen LogP contribution in [0.4, 0.5) is 0 Å². The van der Waals surface area contributed by atoms with E-state index in [1.54, 1.807) is 21.3 Å². The quantitative estimate of drug-likeness (QED) is 0.678. The van der Waals surface area contributed by atoms with Gasteiger partial charge in [-0.05, 0) is 0 Å². The molecule has 0 radical (unpaired) electrons. The molecule has 7 heteroatoms. The number of ether oxygens (including phenoxy) is 4. The van der Waals surface area contributed by atoms with E-state index in [2.05, 4.69) is 10.2 Å². The maximum absolute atomic E-state index is 10.2. The molecule has 1 heterocycles. The van der Waals surface area contributed by atoms with Crippen LogP contribution >= 0.6 is 0 Å². The Bertz CT molecular complexity index is 481. The van der Waals surface area contributed by atoms with Crippen LogP contribution < -0.4 is 19.5 Å². The number of aliphatic hydroxyl groups excluding tert-OH is 1.